The van der Waals surface area contributed by atoms with Crippen molar-refractivity contribution in [3.8, 4) is 0 Å². The van der Waals surface area contributed by atoms with Gasteiger partial charge in [0, 0.05) is 36.9 Å². The van der Waals surface area contributed by atoms with Crippen molar-refractivity contribution in [2.75, 3.05) is 26.2 Å². The lowest BCUT2D eigenvalue weighted by Crippen LogP contribution is -2.33. The lowest BCUT2D eigenvalue weighted by Gasteiger charge is -2.31. The van der Waals surface area contributed by atoms with Gasteiger partial charge in [0.15, 0.2) is 0 Å². The first-order valence-electron chi connectivity index (χ1n) is 7.25. The minimum absolute atomic E-state index is 0.373. The molecule has 0 saturated carbocycles. The Morgan fingerprint density at radius 1 is 1.30 bits per heavy atom. The molecule has 0 aromatic carbocycles. The molecule has 3 nitrogen and oxygen atoms in total. The normalized spacial score (nSPS) is 18.6. The Balaban J connectivity index is 1.98. The zero-order chi connectivity index (χ0) is 13.8. The van der Waals surface area contributed by atoms with Crippen LogP contribution in [0.25, 0.3) is 0 Å². The Hall–Kier alpha value is -1.23. The van der Waals surface area contributed by atoms with E-state index in [1.807, 2.05) is 23.7 Å². The highest BCUT2D eigenvalue weighted by Gasteiger charge is 2.25. The molecule has 20 heavy (non-hydrogen) atoms. The Morgan fingerprint density at radius 3 is 3.05 bits per heavy atom. The van der Waals surface area contributed by atoms with E-state index in [1.54, 1.807) is 0 Å². The van der Waals surface area contributed by atoms with Gasteiger partial charge < -0.3 is 5.32 Å². The molecule has 2 aromatic heterocycles. The van der Waals surface area contributed by atoms with Crippen LogP contribution in [0.5, 0.6) is 0 Å². The topological polar surface area (TPSA) is 28.2 Å². The van der Waals surface area contributed by atoms with Gasteiger partial charge in [0.25, 0.3) is 0 Å². The van der Waals surface area contributed by atoms with Gasteiger partial charge in [-0.05, 0) is 48.5 Å². The van der Waals surface area contributed by atoms with E-state index >= 15 is 0 Å². The highest BCUT2D eigenvalue weighted by atomic mass is 32.1. The summed E-state index contributed by atoms with van der Waals surface area (Å²) >= 11 is 1.85. The van der Waals surface area contributed by atoms with Crippen LogP contribution in [-0.4, -0.2) is 36.1 Å². The monoisotopic (exact) mass is 287 g/mol. The van der Waals surface area contributed by atoms with Crippen molar-refractivity contribution >= 4 is 11.3 Å². The summed E-state index contributed by atoms with van der Waals surface area (Å²) in [4.78, 5) is 8.28. The molecule has 1 aliphatic rings. The number of thiophene rings is 1. The number of rotatable bonds is 3. The molecule has 3 heterocycles. The second kappa shape index (κ2) is 6.48. The highest BCUT2D eigenvalue weighted by Crippen LogP contribution is 2.33. The lowest BCUT2D eigenvalue weighted by molar-refractivity contribution is 0.243. The van der Waals surface area contributed by atoms with Crippen molar-refractivity contribution in [3.63, 3.8) is 0 Å². The van der Waals surface area contributed by atoms with Crippen molar-refractivity contribution in [3.05, 3.63) is 52.0 Å². The fourth-order valence-corrected chi connectivity index (χ4v) is 3.77. The van der Waals surface area contributed by atoms with Gasteiger partial charge in [-0.1, -0.05) is 6.07 Å². The molecule has 1 aliphatic heterocycles. The first-order chi connectivity index (χ1) is 9.86. The van der Waals surface area contributed by atoms with Crippen LogP contribution in [-0.2, 0) is 0 Å². The molecule has 2 aromatic rings. The lowest BCUT2D eigenvalue weighted by atomic mass is 10.00. The van der Waals surface area contributed by atoms with Crippen LogP contribution >= 0.6 is 11.3 Å². The van der Waals surface area contributed by atoms with Gasteiger partial charge in [0.1, 0.15) is 0 Å². The molecule has 0 bridgehead atoms. The fourth-order valence-electron chi connectivity index (χ4n) is 2.89. The maximum atomic E-state index is 4.24. The number of nitrogens with zero attached hydrogens (tertiary/aromatic N) is 2. The van der Waals surface area contributed by atoms with E-state index in [0.717, 1.165) is 26.2 Å². The van der Waals surface area contributed by atoms with Crippen molar-refractivity contribution < 1.29 is 0 Å². The van der Waals surface area contributed by atoms with Crippen molar-refractivity contribution in [1.29, 1.82) is 0 Å². The summed E-state index contributed by atoms with van der Waals surface area (Å²) in [5.74, 6) is 0. The maximum absolute atomic E-state index is 4.24. The SMILES string of the molecule is Cc1cnccc1C(c1cccs1)N1CCCNCC1. The molecule has 4 heteroatoms. The fraction of sp³-hybridized carbons (Fsp3) is 0.438. The predicted octanol–water partition coefficient (Wildman–Crippen LogP) is 2.84. The molecule has 3 rings (SSSR count). The van der Waals surface area contributed by atoms with Crippen LogP contribution in [0.1, 0.15) is 28.5 Å². The summed E-state index contributed by atoms with van der Waals surface area (Å²) in [5.41, 5.74) is 2.67. The Bertz CT molecular complexity index is 530. The molecule has 1 N–H and O–H groups in total. The Morgan fingerprint density at radius 2 is 2.25 bits per heavy atom. The van der Waals surface area contributed by atoms with E-state index in [2.05, 4.69) is 45.7 Å². The van der Waals surface area contributed by atoms with E-state index in [-0.39, 0.29) is 0 Å². The van der Waals surface area contributed by atoms with Crippen molar-refractivity contribution in [2.24, 2.45) is 0 Å². The zero-order valence-corrected chi connectivity index (χ0v) is 12.7. The van der Waals surface area contributed by atoms with E-state index in [9.17, 15) is 0 Å². The van der Waals surface area contributed by atoms with E-state index < -0.39 is 0 Å². The second-order valence-corrected chi connectivity index (χ2v) is 6.27. The molecule has 0 spiro atoms. The molecular formula is C16H21N3S. The van der Waals surface area contributed by atoms with E-state index in [4.69, 9.17) is 0 Å². The molecule has 0 amide bonds. The first-order valence-corrected chi connectivity index (χ1v) is 8.13. The van der Waals surface area contributed by atoms with Gasteiger partial charge in [-0.2, -0.15) is 0 Å². The largest absolute Gasteiger partial charge is 0.315 e. The van der Waals surface area contributed by atoms with E-state index in [1.165, 1.54) is 22.4 Å². The standard InChI is InChI=1S/C16H21N3S/c1-13-12-18-7-5-14(13)16(15-4-2-11-20-15)19-9-3-6-17-8-10-19/h2,4-5,7,11-12,16-17H,3,6,8-10H2,1H3. The molecule has 1 fully saturated rings. The van der Waals surface area contributed by atoms with Crippen LogP contribution in [0.4, 0.5) is 0 Å². The van der Waals surface area contributed by atoms with E-state index in [0.29, 0.717) is 6.04 Å². The summed E-state index contributed by atoms with van der Waals surface area (Å²) in [7, 11) is 0. The number of hydrogen-bond donors (Lipinski definition) is 1. The van der Waals surface area contributed by atoms with Crippen LogP contribution in [0, 0.1) is 6.92 Å². The summed E-state index contributed by atoms with van der Waals surface area (Å²) in [6.07, 6.45) is 5.11. The summed E-state index contributed by atoms with van der Waals surface area (Å²) in [6, 6.07) is 6.96. The Kier molecular flexibility index (Phi) is 4.45. The van der Waals surface area contributed by atoms with Crippen LogP contribution in [0.15, 0.2) is 36.0 Å². The molecule has 106 valence electrons. The smallest absolute Gasteiger partial charge is 0.0700 e. The number of pyridine rings is 1. The van der Waals surface area contributed by atoms with Crippen LogP contribution < -0.4 is 5.32 Å². The molecule has 1 saturated heterocycles. The Labute approximate surface area is 124 Å². The number of nitrogens with one attached hydrogen (secondary N) is 1. The first kappa shape index (κ1) is 13.7. The number of aromatic nitrogens is 1. The molecule has 1 unspecified atom stereocenters. The van der Waals surface area contributed by atoms with Gasteiger partial charge >= 0.3 is 0 Å². The van der Waals surface area contributed by atoms with Gasteiger partial charge in [-0.15, -0.1) is 11.3 Å². The third-order valence-corrected chi connectivity index (χ3v) is 4.84. The van der Waals surface area contributed by atoms with Gasteiger partial charge in [0.2, 0.25) is 0 Å². The minimum Gasteiger partial charge on any atom is -0.315 e. The van der Waals surface area contributed by atoms with Gasteiger partial charge in [0.05, 0.1) is 6.04 Å². The predicted molar refractivity (Wildman–Crippen MR) is 84.2 cm³/mol. The average Bonchev–Trinajstić information content (AvgIpc) is 2.85. The summed E-state index contributed by atoms with van der Waals surface area (Å²) in [6.45, 7) is 6.62. The van der Waals surface area contributed by atoms with Gasteiger partial charge in [-0.3, -0.25) is 9.88 Å². The summed E-state index contributed by atoms with van der Waals surface area (Å²) in [5, 5.41) is 5.67. The zero-order valence-electron chi connectivity index (χ0n) is 11.9. The summed E-state index contributed by atoms with van der Waals surface area (Å²) < 4.78 is 0. The van der Waals surface area contributed by atoms with Crippen molar-refractivity contribution in [2.45, 2.75) is 19.4 Å². The third kappa shape index (κ3) is 2.92. The highest BCUT2D eigenvalue weighted by molar-refractivity contribution is 7.10. The second-order valence-electron chi connectivity index (χ2n) is 5.29. The maximum Gasteiger partial charge on any atom is 0.0700 e. The molecule has 1 atom stereocenters. The quantitative estimate of drug-likeness (QED) is 0.941. The third-order valence-electron chi connectivity index (χ3n) is 3.91. The number of aryl methyl sites for hydroxylation is 1. The van der Waals surface area contributed by atoms with Crippen molar-refractivity contribution in [1.82, 2.24) is 15.2 Å². The number of hydrogen-bond acceptors (Lipinski definition) is 4. The molecule has 0 radical (unpaired) electrons. The van der Waals surface area contributed by atoms with Gasteiger partial charge in [-0.25, -0.2) is 0 Å². The molecule has 0 aliphatic carbocycles. The minimum atomic E-state index is 0.373. The molecular weight excluding hydrogens is 266 g/mol. The average molecular weight is 287 g/mol. The van der Waals surface area contributed by atoms with Crippen LogP contribution in [0.2, 0.25) is 0 Å². The van der Waals surface area contributed by atoms with Crippen LogP contribution in [0.3, 0.4) is 0 Å².